The van der Waals surface area contributed by atoms with E-state index in [2.05, 4.69) is 52.8 Å². The van der Waals surface area contributed by atoms with Gasteiger partial charge in [-0.05, 0) is 30.4 Å². The fourth-order valence-electron chi connectivity index (χ4n) is 3.10. The molecule has 1 aliphatic heterocycles. The predicted octanol–water partition coefficient (Wildman–Crippen LogP) is 3.44. The van der Waals surface area contributed by atoms with Gasteiger partial charge in [-0.2, -0.15) is 0 Å². The molecule has 2 N–H and O–H groups in total. The lowest BCUT2D eigenvalue weighted by molar-refractivity contribution is -0.0220. The van der Waals surface area contributed by atoms with Crippen LogP contribution >= 0.6 is 0 Å². The number of fused-ring (bicyclic) bond motifs is 1. The zero-order valence-corrected chi connectivity index (χ0v) is 11.4. The summed E-state index contributed by atoms with van der Waals surface area (Å²) in [5.74, 6) is 1.76. The van der Waals surface area contributed by atoms with Gasteiger partial charge in [-0.25, -0.2) is 0 Å². The Morgan fingerprint density at radius 1 is 1.18 bits per heavy atom. The first-order valence-electron chi connectivity index (χ1n) is 6.44. The number of nitrogens with two attached hydrogens (primary N) is 1. The molecule has 1 aliphatic rings. The highest BCUT2D eigenvalue weighted by Crippen LogP contribution is 2.49. The highest BCUT2D eigenvalue weighted by Gasteiger charge is 2.51. The molecule has 0 saturated carbocycles. The molecule has 1 aromatic carbocycles. The molecule has 0 saturated heterocycles. The summed E-state index contributed by atoms with van der Waals surface area (Å²) in [6, 6.07) is 6.29. The number of aryl methyl sites for hydroxylation is 1. The third kappa shape index (κ3) is 1.66. The van der Waals surface area contributed by atoms with E-state index in [1.807, 2.05) is 0 Å². The minimum absolute atomic E-state index is 0.0295. The summed E-state index contributed by atoms with van der Waals surface area (Å²) in [6.07, 6.45) is 0. The average Bonchev–Trinajstić information content (AvgIpc) is 2.52. The zero-order chi connectivity index (χ0) is 12.8. The molecule has 1 aromatic rings. The van der Waals surface area contributed by atoms with Crippen molar-refractivity contribution in [3.05, 3.63) is 29.3 Å². The quantitative estimate of drug-likeness (QED) is 0.849. The molecule has 0 spiro atoms. The van der Waals surface area contributed by atoms with Gasteiger partial charge in [-0.1, -0.05) is 39.8 Å². The normalized spacial score (nSPS) is 21.8. The van der Waals surface area contributed by atoms with E-state index in [1.54, 1.807) is 0 Å². The Balaban J connectivity index is 2.50. The summed E-state index contributed by atoms with van der Waals surface area (Å²) < 4.78 is 6.29. The summed E-state index contributed by atoms with van der Waals surface area (Å²) in [6.45, 7) is 10.9. The maximum atomic E-state index is 6.45. The highest BCUT2D eigenvalue weighted by molar-refractivity contribution is 5.45. The zero-order valence-electron chi connectivity index (χ0n) is 11.4. The van der Waals surface area contributed by atoms with Crippen molar-refractivity contribution in [3.8, 4) is 5.75 Å². The van der Waals surface area contributed by atoms with E-state index in [0.717, 1.165) is 11.3 Å². The maximum Gasteiger partial charge on any atom is 0.133 e. The van der Waals surface area contributed by atoms with Gasteiger partial charge in [0.15, 0.2) is 0 Å². The molecule has 2 nitrogen and oxygen atoms in total. The van der Waals surface area contributed by atoms with Crippen molar-refractivity contribution >= 4 is 0 Å². The van der Waals surface area contributed by atoms with Crippen molar-refractivity contribution in [2.24, 2.45) is 17.6 Å². The van der Waals surface area contributed by atoms with Gasteiger partial charge in [0.2, 0.25) is 0 Å². The predicted molar refractivity (Wildman–Crippen MR) is 71.1 cm³/mol. The Kier molecular flexibility index (Phi) is 2.94. The lowest BCUT2D eigenvalue weighted by atomic mass is 9.74. The number of benzene rings is 1. The molecule has 0 aliphatic carbocycles. The second-order valence-corrected chi connectivity index (χ2v) is 5.78. The standard InChI is InChI=1S/C15H23NO/c1-9(2)15(10(3)4)14(16)12-7-6-11(5)8-13(12)17-15/h6-10,14H,16H2,1-5H3/t14-/m1/s1. The van der Waals surface area contributed by atoms with Crippen LogP contribution in [0.2, 0.25) is 0 Å². The van der Waals surface area contributed by atoms with E-state index in [9.17, 15) is 0 Å². The van der Waals surface area contributed by atoms with Gasteiger partial charge in [0.05, 0.1) is 6.04 Å². The highest BCUT2D eigenvalue weighted by atomic mass is 16.5. The smallest absolute Gasteiger partial charge is 0.133 e. The van der Waals surface area contributed by atoms with Gasteiger partial charge in [-0.15, -0.1) is 0 Å². The van der Waals surface area contributed by atoms with Crippen molar-refractivity contribution in [1.29, 1.82) is 0 Å². The molecule has 2 heteroatoms. The molecule has 0 radical (unpaired) electrons. The molecular weight excluding hydrogens is 210 g/mol. The number of hydrogen-bond donors (Lipinski definition) is 1. The van der Waals surface area contributed by atoms with Crippen LogP contribution in [-0.2, 0) is 0 Å². The van der Waals surface area contributed by atoms with Crippen LogP contribution in [-0.4, -0.2) is 5.60 Å². The topological polar surface area (TPSA) is 35.2 Å². The fraction of sp³-hybridized carbons (Fsp3) is 0.600. The van der Waals surface area contributed by atoms with Crippen LogP contribution in [0.15, 0.2) is 18.2 Å². The van der Waals surface area contributed by atoms with Crippen LogP contribution in [0.4, 0.5) is 0 Å². The van der Waals surface area contributed by atoms with E-state index in [1.165, 1.54) is 5.56 Å². The molecule has 0 fully saturated rings. The molecule has 0 aromatic heterocycles. The van der Waals surface area contributed by atoms with Gasteiger partial charge >= 0.3 is 0 Å². The molecule has 17 heavy (non-hydrogen) atoms. The Morgan fingerprint density at radius 3 is 2.29 bits per heavy atom. The Labute approximate surface area is 104 Å². The fourth-order valence-corrected chi connectivity index (χ4v) is 3.10. The minimum atomic E-state index is -0.268. The molecule has 0 bridgehead atoms. The van der Waals surface area contributed by atoms with Crippen LogP contribution in [0, 0.1) is 18.8 Å². The average molecular weight is 233 g/mol. The van der Waals surface area contributed by atoms with Crippen LogP contribution < -0.4 is 10.5 Å². The monoisotopic (exact) mass is 233 g/mol. The summed E-state index contributed by atoms with van der Waals surface area (Å²) >= 11 is 0. The van der Waals surface area contributed by atoms with Crippen molar-refractivity contribution in [1.82, 2.24) is 0 Å². The number of hydrogen-bond acceptors (Lipinski definition) is 2. The third-order valence-corrected chi connectivity index (χ3v) is 4.08. The van der Waals surface area contributed by atoms with Crippen molar-refractivity contribution in [2.45, 2.75) is 46.3 Å². The van der Waals surface area contributed by atoms with Crippen LogP contribution in [0.3, 0.4) is 0 Å². The second-order valence-electron chi connectivity index (χ2n) is 5.78. The second kappa shape index (κ2) is 4.02. The van der Waals surface area contributed by atoms with E-state index in [-0.39, 0.29) is 11.6 Å². The lowest BCUT2D eigenvalue weighted by Crippen LogP contribution is -2.51. The summed E-state index contributed by atoms with van der Waals surface area (Å²) in [5, 5.41) is 0. The van der Waals surface area contributed by atoms with Gasteiger partial charge in [0, 0.05) is 5.56 Å². The van der Waals surface area contributed by atoms with E-state index >= 15 is 0 Å². The van der Waals surface area contributed by atoms with Crippen molar-refractivity contribution < 1.29 is 4.74 Å². The Morgan fingerprint density at radius 2 is 1.76 bits per heavy atom. The maximum absolute atomic E-state index is 6.45. The van der Waals surface area contributed by atoms with Gasteiger partial charge in [0.1, 0.15) is 11.4 Å². The first kappa shape index (κ1) is 12.4. The van der Waals surface area contributed by atoms with E-state index in [0.29, 0.717) is 11.8 Å². The summed E-state index contributed by atoms with van der Waals surface area (Å²) in [7, 11) is 0. The summed E-state index contributed by atoms with van der Waals surface area (Å²) in [5.41, 5.74) is 8.56. The van der Waals surface area contributed by atoms with E-state index in [4.69, 9.17) is 10.5 Å². The molecule has 0 amide bonds. The lowest BCUT2D eigenvalue weighted by Gasteiger charge is -2.40. The van der Waals surface area contributed by atoms with Crippen LogP contribution in [0.25, 0.3) is 0 Å². The number of rotatable bonds is 2. The molecule has 0 unspecified atom stereocenters. The molecule has 2 rings (SSSR count). The summed E-state index contributed by atoms with van der Waals surface area (Å²) in [4.78, 5) is 0. The first-order valence-corrected chi connectivity index (χ1v) is 6.44. The van der Waals surface area contributed by atoms with Crippen LogP contribution in [0.1, 0.15) is 44.9 Å². The SMILES string of the molecule is Cc1ccc2c(c1)OC(C(C)C)(C(C)C)[C@@H]2N. The number of ether oxygens (including phenoxy) is 1. The van der Waals surface area contributed by atoms with Gasteiger partial charge < -0.3 is 10.5 Å². The molecular formula is C15H23NO. The van der Waals surface area contributed by atoms with Gasteiger partial charge in [0.25, 0.3) is 0 Å². The molecule has 94 valence electrons. The largest absolute Gasteiger partial charge is 0.484 e. The van der Waals surface area contributed by atoms with Crippen molar-refractivity contribution in [3.63, 3.8) is 0 Å². The Bertz CT molecular complexity index is 415. The Hall–Kier alpha value is -1.02. The first-order chi connectivity index (χ1) is 7.89. The third-order valence-electron chi connectivity index (χ3n) is 4.08. The van der Waals surface area contributed by atoms with Crippen LogP contribution in [0.5, 0.6) is 5.75 Å². The van der Waals surface area contributed by atoms with E-state index < -0.39 is 0 Å². The molecule has 1 atom stereocenters. The van der Waals surface area contributed by atoms with Gasteiger partial charge in [-0.3, -0.25) is 0 Å². The molecule has 1 heterocycles. The van der Waals surface area contributed by atoms with Crippen molar-refractivity contribution in [2.75, 3.05) is 0 Å². The minimum Gasteiger partial charge on any atom is -0.484 e.